The first-order chi connectivity index (χ1) is 9.98. The summed E-state index contributed by atoms with van der Waals surface area (Å²) < 4.78 is 27.5. The van der Waals surface area contributed by atoms with Crippen molar-refractivity contribution >= 4 is 15.8 Å². The van der Waals surface area contributed by atoms with Crippen LogP contribution < -0.4 is 0 Å². The molecule has 0 radical (unpaired) electrons. The standard InChI is InChI=1S/C16H19NO3S/c1-10-2-4-12(5-3-10)21(19,20)17-9-11-8-15(18)13-6-7-14(17)16(11)13/h2-5,11,13-14,16H,6-9H2,1H3/t11?,13-,14-,16+/m0/s1. The molecule has 0 spiro atoms. The summed E-state index contributed by atoms with van der Waals surface area (Å²) in [4.78, 5) is 12.3. The number of sulfonamides is 1. The van der Waals surface area contributed by atoms with Gasteiger partial charge in [0.05, 0.1) is 4.90 Å². The molecule has 0 bridgehead atoms. The van der Waals surface area contributed by atoms with Gasteiger partial charge in [0.1, 0.15) is 5.78 Å². The van der Waals surface area contributed by atoms with Crippen LogP contribution in [0.25, 0.3) is 0 Å². The minimum atomic E-state index is -3.43. The normalized spacial score (nSPS) is 35.4. The summed E-state index contributed by atoms with van der Waals surface area (Å²) in [5.74, 6) is 1.01. The number of hydrogen-bond acceptors (Lipinski definition) is 3. The molecule has 4 atom stereocenters. The molecule has 3 aliphatic rings. The first kappa shape index (κ1) is 13.5. The average Bonchev–Trinajstić information content (AvgIpc) is 3.07. The molecule has 21 heavy (non-hydrogen) atoms. The van der Waals surface area contributed by atoms with E-state index in [-0.39, 0.29) is 23.8 Å². The summed E-state index contributed by atoms with van der Waals surface area (Å²) >= 11 is 0. The maximum Gasteiger partial charge on any atom is 0.243 e. The van der Waals surface area contributed by atoms with Gasteiger partial charge in [0.15, 0.2) is 0 Å². The number of nitrogens with zero attached hydrogens (tertiary/aromatic N) is 1. The molecule has 2 aliphatic carbocycles. The van der Waals surface area contributed by atoms with Crippen LogP contribution in [0.3, 0.4) is 0 Å². The van der Waals surface area contributed by atoms with Gasteiger partial charge < -0.3 is 0 Å². The van der Waals surface area contributed by atoms with Crippen molar-refractivity contribution in [2.45, 2.75) is 37.1 Å². The third-order valence-electron chi connectivity index (χ3n) is 5.52. The first-order valence-electron chi connectivity index (χ1n) is 7.60. The maximum absolute atomic E-state index is 12.9. The van der Waals surface area contributed by atoms with E-state index in [1.807, 2.05) is 19.1 Å². The molecule has 1 aromatic carbocycles. The van der Waals surface area contributed by atoms with Gasteiger partial charge in [-0.05, 0) is 43.7 Å². The van der Waals surface area contributed by atoms with Crippen molar-refractivity contribution in [2.75, 3.05) is 6.54 Å². The Morgan fingerprint density at radius 1 is 1.14 bits per heavy atom. The molecular formula is C16H19NO3S. The van der Waals surface area contributed by atoms with Gasteiger partial charge in [-0.15, -0.1) is 0 Å². The van der Waals surface area contributed by atoms with Crippen LogP contribution in [-0.2, 0) is 14.8 Å². The zero-order valence-electron chi connectivity index (χ0n) is 12.0. The van der Waals surface area contributed by atoms with Gasteiger partial charge in [0, 0.05) is 24.9 Å². The summed E-state index contributed by atoms with van der Waals surface area (Å²) in [5, 5.41) is 0. The van der Waals surface area contributed by atoms with E-state index in [1.54, 1.807) is 16.4 Å². The number of aryl methyl sites for hydroxylation is 1. The highest BCUT2D eigenvalue weighted by Crippen LogP contribution is 2.53. The summed E-state index contributed by atoms with van der Waals surface area (Å²) in [7, 11) is -3.43. The van der Waals surface area contributed by atoms with E-state index in [0.717, 1.165) is 18.4 Å². The van der Waals surface area contributed by atoms with Gasteiger partial charge in [0.2, 0.25) is 10.0 Å². The van der Waals surface area contributed by atoms with E-state index in [1.165, 1.54) is 0 Å². The van der Waals surface area contributed by atoms with E-state index < -0.39 is 10.0 Å². The lowest BCUT2D eigenvalue weighted by atomic mass is 9.93. The molecule has 0 aromatic heterocycles. The second kappa shape index (κ2) is 4.40. The number of Topliss-reactive ketones (excluding diaryl/α,β-unsaturated/α-hetero) is 1. The topological polar surface area (TPSA) is 54.5 Å². The number of hydrogen-bond donors (Lipinski definition) is 0. The Balaban J connectivity index is 1.69. The minimum Gasteiger partial charge on any atom is -0.299 e. The molecule has 1 aliphatic heterocycles. The molecule has 2 saturated carbocycles. The highest BCUT2D eigenvalue weighted by molar-refractivity contribution is 7.89. The van der Waals surface area contributed by atoms with Crippen LogP contribution >= 0.6 is 0 Å². The average molecular weight is 305 g/mol. The molecule has 1 unspecified atom stereocenters. The Morgan fingerprint density at radius 2 is 1.86 bits per heavy atom. The van der Waals surface area contributed by atoms with Gasteiger partial charge in [-0.2, -0.15) is 4.31 Å². The Kier molecular flexibility index (Phi) is 2.82. The van der Waals surface area contributed by atoms with Crippen LogP contribution in [-0.4, -0.2) is 31.1 Å². The van der Waals surface area contributed by atoms with Gasteiger partial charge in [-0.25, -0.2) is 8.42 Å². The third kappa shape index (κ3) is 1.83. The second-order valence-electron chi connectivity index (χ2n) is 6.65. The van der Waals surface area contributed by atoms with Crippen molar-refractivity contribution in [1.82, 2.24) is 4.31 Å². The van der Waals surface area contributed by atoms with Crippen LogP contribution in [0.4, 0.5) is 0 Å². The number of rotatable bonds is 2. The highest BCUT2D eigenvalue weighted by atomic mass is 32.2. The second-order valence-corrected chi connectivity index (χ2v) is 8.54. The molecule has 1 saturated heterocycles. The van der Waals surface area contributed by atoms with E-state index >= 15 is 0 Å². The van der Waals surface area contributed by atoms with Crippen molar-refractivity contribution in [1.29, 1.82) is 0 Å². The zero-order chi connectivity index (χ0) is 14.8. The lowest BCUT2D eigenvalue weighted by Gasteiger charge is -2.23. The predicted molar refractivity (Wildman–Crippen MR) is 78.2 cm³/mol. The molecule has 5 heteroatoms. The molecule has 3 fully saturated rings. The Labute approximate surface area is 125 Å². The fourth-order valence-corrected chi connectivity index (χ4v) is 6.32. The summed E-state index contributed by atoms with van der Waals surface area (Å²) in [6.45, 7) is 2.47. The lowest BCUT2D eigenvalue weighted by Crippen LogP contribution is -2.36. The fraction of sp³-hybridized carbons (Fsp3) is 0.562. The Morgan fingerprint density at radius 3 is 2.57 bits per heavy atom. The summed E-state index contributed by atoms with van der Waals surface area (Å²) in [6.07, 6.45) is 2.28. The van der Waals surface area contributed by atoms with Crippen LogP contribution in [0, 0.1) is 24.7 Å². The quantitative estimate of drug-likeness (QED) is 0.839. The van der Waals surface area contributed by atoms with Crippen LogP contribution in [0.1, 0.15) is 24.8 Å². The smallest absolute Gasteiger partial charge is 0.243 e. The first-order valence-corrected chi connectivity index (χ1v) is 9.04. The van der Waals surface area contributed by atoms with E-state index in [9.17, 15) is 13.2 Å². The summed E-state index contributed by atoms with van der Waals surface area (Å²) in [6, 6.07) is 7.10. The minimum absolute atomic E-state index is 0.0396. The molecule has 112 valence electrons. The van der Waals surface area contributed by atoms with Crippen molar-refractivity contribution in [2.24, 2.45) is 17.8 Å². The van der Waals surface area contributed by atoms with E-state index in [0.29, 0.717) is 23.6 Å². The SMILES string of the molecule is Cc1ccc(S(=O)(=O)N2CC3CC(=O)[C@@H]4CC[C@H]2[C@H]34)cc1. The molecule has 0 N–H and O–H groups in total. The van der Waals surface area contributed by atoms with Gasteiger partial charge in [-0.1, -0.05) is 17.7 Å². The Hall–Kier alpha value is -1.20. The lowest BCUT2D eigenvalue weighted by molar-refractivity contribution is -0.121. The predicted octanol–water partition coefficient (Wildman–Crippen LogP) is 1.98. The van der Waals surface area contributed by atoms with E-state index in [2.05, 4.69) is 0 Å². The number of carbonyl (C=O) groups excluding carboxylic acids is 1. The van der Waals surface area contributed by atoms with Crippen LogP contribution in [0.5, 0.6) is 0 Å². The fourth-order valence-electron chi connectivity index (χ4n) is 4.58. The number of ketones is 1. The highest BCUT2D eigenvalue weighted by Gasteiger charge is 2.58. The molecule has 4 rings (SSSR count). The van der Waals surface area contributed by atoms with Crippen LogP contribution in [0.2, 0.25) is 0 Å². The molecular weight excluding hydrogens is 286 g/mol. The number of carbonyl (C=O) groups is 1. The maximum atomic E-state index is 12.9. The van der Waals surface area contributed by atoms with Crippen molar-refractivity contribution < 1.29 is 13.2 Å². The Bertz CT molecular complexity index is 695. The van der Waals surface area contributed by atoms with Gasteiger partial charge in [-0.3, -0.25) is 4.79 Å². The molecule has 4 nitrogen and oxygen atoms in total. The molecule has 1 aromatic rings. The molecule has 1 heterocycles. The van der Waals surface area contributed by atoms with Gasteiger partial charge >= 0.3 is 0 Å². The van der Waals surface area contributed by atoms with Crippen LogP contribution in [0.15, 0.2) is 29.2 Å². The monoisotopic (exact) mass is 305 g/mol. The zero-order valence-corrected chi connectivity index (χ0v) is 12.8. The van der Waals surface area contributed by atoms with Crippen molar-refractivity contribution in [3.8, 4) is 0 Å². The van der Waals surface area contributed by atoms with Crippen molar-refractivity contribution in [3.63, 3.8) is 0 Å². The number of benzene rings is 1. The molecule has 0 amide bonds. The van der Waals surface area contributed by atoms with E-state index in [4.69, 9.17) is 0 Å². The van der Waals surface area contributed by atoms with Crippen molar-refractivity contribution in [3.05, 3.63) is 29.8 Å². The van der Waals surface area contributed by atoms with Gasteiger partial charge in [0.25, 0.3) is 0 Å². The largest absolute Gasteiger partial charge is 0.299 e. The third-order valence-corrected chi connectivity index (χ3v) is 7.42. The summed E-state index contributed by atoms with van der Waals surface area (Å²) in [5.41, 5.74) is 1.05.